The van der Waals surface area contributed by atoms with Crippen LogP contribution in [0.1, 0.15) is 6.92 Å². The van der Waals surface area contributed by atoms with Crippen molar-refractivity contribution >= 4 is 35.5 Å². The maximum absolute atomic E-state index is 9.99. The van der Waals surface area contributed by atoms with E-state index in [9.17, 15) is 4.79 Å². The molecule has 0 aliphatic heterocycles. The predicted octanol–water partition coefficient (Wildman–Crippen LogP) is 0.659. The first kappa shape index (κ1) is 11.3. The number of rotatable bonds is 5. The summed E-state index contributed by atoms with van der Waals surface area (Å²) in [5.74, 6) is 0.917. The van der Waals surface area contributed by atoms with Crippen molar-refractivity contribution in [2.75, 3.05) is 17.3 Å². The third kappa shape index (κ3) is 3.86. The molecule has 1 amide bonds. The molecule has 82 valence electrons. The fourth-order valence-corrected chi connectivity index (χ4v) is 1.13. The summed E-state index contributed by atoms with van der Waals surface area (Å²) in [7, 11) is 0. The molecule has 0 unspecified atom stereocenters. The van der Waals surface area contributed by atoms with Crippen molar-refractivity contribution in [2.24, 2.45) is 0 Å². The molecule has 0 aliphatic rings. The van der Waals surface area contributed by atoms with Gasteiger partial charge in [-0.05, 0) is 19.1 Å². The topological polar surface area (TPSA) is 78.3 Å². The Bertz CT molecular complexity index is 339. The molecule has 1 aromatic heterocycles. The lowest BCUT2D eigenvalue weighted by Gasteiger charge is -2.05. The number of carbonyl (C=O) groups excluding carboxylic acids is 1. The Morgan fingerprint density at radius 1 is 1.53 bits per heavy atom. The van der Waals surface area contributed by atoms with Gasteiger partial charge in [-0.3, -0.25) is 15.6 Å². The van der Waals surface area contributed by atoms with Crippen LogP contribution < -0.4 is 21.5 Å². The van der Waals surface area contributed by atoms with E-state index in [4.69, 9.17) is 16.6 Å². The SMILES string of the molecule is CCNC(=S)Nc1ccc(NNC=O)o1. The summed E-state index contributed by atoms with van der Waals surface area (Å²) in [5, 5.41) is 6.24. The Balaban J connectivity index is 2.45. The number of anilines is 2. The Morgan fingerprint density at radius 3 is 2.93 bits per heavy atom. The highest BCUT2D eigenvalue weighted by molar-refractivity contribution is 7.80. The van der Waals surface area contributed by atoms with Crippen LogP contribution in [0.3, 0.4) is 0 Å². The van der Waals surface area contributed by atoms with E-state index in [1.165, 1.54) is 0 Å². The molecule has 0 saturated heterocycles. The first-order chi connectivity index (χ1) is 7.26. The van der Waals surface area contributed by atoms with E-state index in [0.717, 1.165) is 6.54 Å². The summed E-state index contributed by atoms with van der Waals surface area (Å²) in [4.78, 5) is 9.99. The highest BCUT2D eigenvalue weighted by Crippen LogP contribution is 2.16. The minimum absolute atomic E-state index is 0.420. The van der Waals surface area contributed by atoms with Crippen molar-refractivity contribution < 1.29 is 9.21 Å². The molecule has 4 N–H and O–H groups in total. The zero-order chi connectivity index (χ0) is 11.1. The van der Waals surface area contributed by atoms with Crippen LogP contribution in [0.2, 0.25) is 0 Å². The fourth-order valence-electron chi connectivity index (χ4n) is 0.889. The normalized spacial score (nSPS) is 9.13. The molecular formula is C8H12N4O2S. The third-order valence-electron chi connectivity index (χ3n) is 1.43. The maximum atomic E-state index is 9.99. The Morgan fingerprint density at radius 2 is 2.27 bits per heavy atom. The molecular weight excluding hydrogens is 216 g/mol. The minimum Gasteiger partial charge on any atom is -0.423 e. The first-order valence-electron chi connectivity index (χ1n) is 4.36. The molecule has 0 atom stereocenters. The lowest BCUT2D eigenvalue weighted by atomic mass is 10.6. The lowest BCUT2D eigenvalue weighted by molar-refractivity contribution is -0.109. The van der Waals surface area contributed by atoms with Crippen molar-refractivity contribution in [3.05, 3.63) is 12.1 Å². The molecule has 0 aromatic carbocycles. The van der Waals surface area contributed by atoms with Gasteiger partial charge in [0.25, 0.3) is 0 Å². The molecule has 15 heavy (non-hydrogen) atoms. The zero-order valence-corrected chi connectivity index (χ0v) is 8.98. The van der Waals surface area contributed by atoms with E-state index in [0.29, 0.717) is 23.3 Å². The molecule has 1 aromatic rings. The highest BCUT2D eigenvalue weighted by atomic mass is 32.1. The van der Waals surface area contributed by atoms with Crippen molar-refractivity contribution in [3.63, 3.8) is 0 Å². The first-order valence-corrected chi connectivity index (χ1v) is 4.77. The second kappa shape index (κ2) is 5.86. The van der Waals surface area contributed by atoms with Gasteiger partial charge in [0.1, 0.15) is 0 Å². The number of hydrogen-bond donors (Lipinski definition) is 4. The summed E-state index contributed by atoms with van der Waals surface area (Å²) in [6, 6.07) is 3.35. The summed E-state index contributed by atoms with van der Waals surface area (Å²) in [6.45, 7) is 2.68. The number of carbonyl (C=O) groups is 1. The van der Waals surface area contributed by atoms with Crippen LogP contribution in [0.25, 0.3) is 0 Å². The maximum Gasteiger partial charge on any atom is 0.225 e. The molecule has 0 saturated carbocycles. The Labute approximate surface area is 92.4 Å². The van der Waals surface area contributed by atoms with Gasteiger partial charge in [0, 0.05) is 18.7 Å². The van der Waals surface area contributed by atoms with Gasteiger partial charge < -0.3 is 15.1 Å². The molecule has 0 spiro atoms. The van der Waals surface area contributed by atoms with Gasteiger partial charge in [-0.2, -0.15) is 0 Å². The van der Waals surface area contributed by atoms with E-state index < -0.39 is 0 Å². The molecule has 0 radical (unpaired) electrons. The fraction of sp³-hybridized carbons (Fsp3) is 0.250. The monoisotopic (exact) mass is 228 g/mol. The molecule has 7 heteroatoms. The van der Waals surface area contributed by atoms with Gasteiger partial charge in [-0.15, -0.1) is 0 Å². The molecule has 6 nitrogen and oxygen atoms in total. The molecule has 1 heterocycles. The zero-order valence-electron chi connectivity index (χ0n) is 8.16. The average Bonchev–Trinajstić information content (AvgIpc) is 2.63. The molecule has 1 rings (SSSR count). The largest absolute Gasteiger partial charge is 0.423 e. The number of nitrogens with one attached hydrogen (secondary N) is 4. The quantitative estimate of drug-likeness (QED) is 0.337. The molecule has 0 aliphatic carbocycles. The Kier molecular flexibility index (Phi) is 4.42. The molecule has 0 bridgehead atoms. The van der Waals surface area contributed by atoms with E-state index in [-0.39, 0.29) is 0 Å². The van der Waals surface area contributed by atoms with Crippen LogP contribution in [0.4, 0.5) is 11.8 Å². The van der Waals surface area contributed by atoms with E-state index in [1.807, 2.05) is 6.92 Å². The summed E-state index contributed by atoms with van der Waals surface area (Å²) in [5.41, 5.74) is 4.79. The van der Waals surface area contributed by atoms with Gasteiger partial charge in [-0.1, -0.05) is 0 Å². The van der Waals surface area contributed by atoms with Crippen LogP contribution in [-0.2, 0) is 4.79 Å². The Hall–Kier alpha value is -1.76. The van der Waals surface area contributed by atoms with Crippen LogP contribution in [-0.4, -0.2) is 18.1 Å². The standard InChI is InChI=1S/C8H12N4O2S/c1-2-9-8(15)11-6-3-4-7(14-6)12-10-5-13/h3-5,12H,2H2,1H3,(H,10,13)(H2,9,11,15). The number of hydrogen-bond acceptors (Lipinski definition) is 4. The number of amides is 1. The smallest absolute Gasteiger partial charge is 0.225 e. The van der Waals surface area contributed by atoms with Crippen LogP contribution in [0, 0.1) is 0 Å². The van der Waals surface area contributed by atoms with E-state index in [2.05, 4.69) is 21.5 Å². The second-order valence-electron chi connectivity index (χ2n) is 2.54. The van der Waals surface area contributed by atoms with Gasteiger partial charge in [-0.25, -0.2) is 0 Å². The van der Waals surface area contributed by atoms with Gasteiger partial charge in [0.15, 0.2) is 5.11 Å². The summed E-state index contributed by atoms with van der Waals surface area (Å²) in [6.07, 6.45) is 0.513. The highest BCUT2D eigenvalue weighted by Gasteiger charge is 2.01. The molecule has 0 fully saturated rings. The van der Waals surface area contributed by atoms with Gasteiger partial charge in [0.05, 0.1) is 0 Å². The summed E-state index contributed by atoms with van der Waals surface area (Å²) >= 11 is 4.96. The van der Waals surface area contributed by atoms with Crippen molar-refractivity contribution in [3.8, 4) is 0 Å². The second-order valence-corrected chi connectivity index (χ2v) is 2.94. The van der Waals surface area contributed by atoms with Crippen LogP contribution in [0.5, 0.6) is 0 Å². The minimum atomic E-state index is 0.420. The number of furan rings is 1. The van der Waals surface area contributed by atoms with Crippen LogP contribution in [0.15, 0.2) is 16.5 Å². The van der Waals surface area contributed by atoms with E-state index in [1.54, 1.807) is 12.1 Å². The van der Waals surface area contributed by atoms with Crippen molar-refractivity contribution in [2.45, 2.75) is 6.92 Å². The average molecular weight is 228 g/mol. The predicted molar refractivity (Wildman–Crippen MR) is 61.4 cm³/mol. The number of hydrazine groups is 1. The third-order valence-corrected chi connectivity index (χ3v) is 1.68. The van der Waals surface area contributed by atoms with Crippen LogP contribution >= 0.6 is 12.2 Å². The van der Waals surface area contributed by atoms with E-state index >= 15 is 0 Å². The number of thiocarbonyl (C=S) groups is 1. The summed E-state index contributed by atoms with van der Waals surface area (Å²) < 4.78 is 5.23. The van der Waals surface area contributed by atoms with Gasteiger partial charge >= 0.3 is 0 Å². The van der Waals surface area contributed by atoms with Crippen molar-refractivity contribution in [1.29, 1.82) is 0 Å². The lowest BCUT2D eigenvalue weighted by Crippen LogP contribution is -2.27. The van der Waals surface area contributed by atoms with Gasteiger partial charge in [0.2, 0.25) is 18.2 Å². The van der Waals surface area contributed by atoms with Crippen molar-refractivity contribution in [1.82, 2.24) is 10.7 Å².